The van der Waals surface area contributed by atoms with Crippen LogP contribution in [0.25, 0.3) is 11.2 Å². The maximum Gasteiger partial charge on any atom is 0.159 e. The number of rotatable bonds is 6. The van der Waals surface area contributed by atoms with Crippen LogP contribution in [0.2, 0.25) is 0 Å². The van der Waals surface area contributed by atoms with E-state index in [1.807, 2.05) is 23.4 Å². The van der Waals surface area contributed by atoms with Gasteiger partial charge < -0.3 is 4.57 Å². The van der Waals surface area contributed by atoms with Gasteiger partial charge in [-0.2, -0.15) is 16.9 Å². The molecule has 1 atom stereocenters. The second-order valence-electron chi connectivity index (χ2n) is 4.62. The van der Waals surface area contributed by atoms with Crippen molar-refractivity contribution < 1.29 is 0 Å². The molecule has 0 aliphatic heterocycles. The van der Waals surface area contributed by atoms with Crippen molar-refractivity contribution in [2.24, 2.45) is 0 Å². The fraction of sp³-hybridized carbons (Fsp3) is 0.692. The van der Waals surface area contributed by atoms with Crippen molar-refractivity contribution in [3.8, 4) is 0 Å². The Hall–Kier alpha value is -0.680. The molecule has 0 saturated heterocycles. The van der Waals surface area contributed by atoms with Crippen LogP contribution in [0.3, 0.4) is 0 Å². The molecule has 0 radical (unpaired) electrons. The van der Waals surface area contributed by atoms with Gasteiger partial charge in [-0.3, -0.25) is 0 Å². The predicted molar refractivity (Wildman–Crippen MR) is 83.2 cm³/mol. The summed E-state index contributed by atoms with van der Waals surface area (Å²) >= 11 is 7.95. The summed E-state index contributed by atoms with van der Waals surface area (Å²) in [4.78, 5) is 4.69. The summed E-state index contributed by atoms with van der Waals surface area (Å²) in [6.07, 6.45) is 3.21. The van der Waals surface area contributed by atoms with Gasteiger partial charge in [0.05, 0.1) is 11.6 Å². The van der Waals surface area contributed by atoms with Gasteiger partial charge in [0, 0.05) is 18.3 Å². The molecule has 0 bridgehead atoms. The maximum absolute atomic E-state index is 6.09. The fourth-order valence-corrected chi connectivity index (χ4v) is 3.46. The summed E-state index contributed by atoms with van der Waals surface area (Å²) in [5.41, 5.74) is 3.11. The van der Waals surface area contributed by atoms with Crippen molar-refractivity contribution in [3.05, 3.63) is 11.5 Å². The van der Waals surface area contributed by atoms with Crippen molar-refractivity contribution in [1.82, 2.24) is 19.3 Å². The molecular weight excluding hydrogens is 280 g/mol. The number of nitrogens with zero attached hydrogens (tertiary/aromatic N) is 4. The van der Waals surface area contributed by atoms with Crippen LogP contribution < -0.4 is 0 Å². The summed E-state index contributed by atoms with van der Waals surface area (Å²) in [5.74, 6) is 2.47. The van der Waals surface area contributed by atoms with Crippen LogP contribution >= 0.6 is 23.4 Å². The van der Waals surface area contributed by atoms with Crippen molar-refractivity contribution in [2.45, 2.75) is 45.7 Å². The highest BCUT2D eigenvalue weighted by Crippen LogP contribution is 2.28. The average molecular weight is 301 g/mol. The van der Waals surface area contributed by atoms with E-state index in [2.05, 4.69) is 34.8 Å². The van der Waals surface area contributed by atoms with Crippen molar-refractivity contribution >= 4 is 34.5 Å². The highest BCUT2D eigenvalue weighted by Gasteiger charge is 2.22. The molecule has 2 rings (SSSR count). The number of hydrogen-bond donors (Lipinski definition) is 0. The Morgan fingerprint density at radius 3 is 2.63 bits per heavy atom. The molecule has 2 heterocycles. The smallest absolute Gasteiger partial charge is 0.159 e. The van der Waals surface area contributed by atoms with E-state index < -0.39 is 0 Å². The third-order valence-electron chi connectivity index (χ3n) is 3.43. The first-order valence-electron chi connectivity index (χ1n) is 6.66. The lowest BCUT2D eigenvalue weighted by molar-refractivity contribution is 0.518. The Labute approximate surface area is 123 Å². The highest BCUT2D eigenvalue weighted by atomic mass is 35.5. The third-order valence-corrected chi connectivity index (χ3v) is 4.39. The van der Waals surface area contributed by atoms with Crippen molar-refractivity contribution in [1.29, 1.82) is 0 Å². The zero-order valence-electron chi connectivity index (χ0n) is 12.0. The summed E-state index contributed by atoms with van der Waals surface area (Å²) in [6, 6.07) is 0.426. The largest absolute Gasteiger partial charge is 0.308 e. The van der Waals surface area contributed by atoms with Gasteiger partial charge in [-0.25, -0.2) is 9.67 Å². The lowest BCUT2D eigenvalue weighted by atomic mass is 10.2. The zero-order valence-corrected chi connectivity index (χ0v) is 13.6. The van der Waals surface area contributed by atoms with Crippen LogP contribution in [-0.4, -0.2) is 31.3 Å². The van der Waals surface area contributed by atoms with Gasteiger partial charge in [0.1, 0.15) is 11.3 Å². The number of halogens is 1. The first-order valence-corrected chi connectivity index (χ1v) is 8.59. The van der Waals surface area contributed by atoms with Gasteiger partial charge in [0.15, 0.2) is 5.65 Å². The molecule has 1 unspecified atom stereocenters. The molecule has 2 aromatic rings. The number of fused-ring (bicyclic) bond motifs is 1. The van der Waals surface area contributed by atoms with E-state index in [9.17, 15) is 0 Å². The highest BCUT2D eigenvalue weighted by molar-refractivity contribution is 7.98. The van der Waals surface area contributed by atoms with Gasteiger partial charge in [0.2, 0.25) is 0 Å². The van der Waals surface area contributed by atoms with Crippen molar-refractivity contribution in [3.63, 3.8) is 0 Å². The van der Waals surface area contributed by atoms with Gasteiger partial charge in [-0.05, 0) is 26.5 Å². The first kappa shape index (κ1) is 14.7. The molecule has 0 aliphatic rings. The molecule has 0 N–H and O–H groups in total. The van der Waals surface area contributed by atoms with Gasteiger partial charge in [0.25, 0.3) is 0 Å². The Morgan fingerprint density at radius 2 is 2.11 bits per heavy atom. The Kier molecular flexibility index (Phi) is 4.79. The van der Waals surface area contributed by atoms with E-state index in [4.69, 9.17) is 11.6 Å². The van der Waals surface area contributed by atoms with Gasteiger partial charge >= 0.3 is 0 Å². The van der Waals surface area contributed by atoms with Gasteiger partial charge in [-0.15, -0.1) is 11.6 Å². The molecule has 2 aromatic heterocycles. The lowest BCUT2D eigenvalue weighted by Gasteiger charge is -2.19. The molecule has 106 valence electrons. The molecule has 0 aliphatic carbocycles. The number of imidazole rings is 1. The standard InChI is InChI=1S/C13H21ClN4S/c1-5-10(8-19-4)18-11(7-14)15-12-9(3)16-17(6-2)13(12)18/h10H,5-8H2,1-4H3. The molecule has 0 amide bonds. The minimum Gasteiger partial charge on any atom is -0.308 e. The number of aromatic nitrogens is 4. The van der Waals surface area contributed by atoms with Crippen LogP contribution in [0.4, 0.5) is 0 Å². The molecule has 0 spiro atoms. The van der Waals surface area contributed by atoms with Crippen LogP contribution in [0.15, 0.2) is 0 Å². The molecule has 0 aromatic carbocycles. The summed E-state index contributed by atoms with van der Waals surface area (Å²) in [5, 5.41) is 4.56. The quantitative estimate of drug-likeness (QED) is 0.765. The minimum atomic E-state index is 0.426. The zero-order chi connectivity index (χ0) is 14.0. The molecular formula is C13H21ClN4S. The van der Waals surface area contributed by atoms with E-state index in [1.54, 1.807) is 0 Å². The molecule has 0 saturated carbocycles. The second-order valence-corrected chi connectivity index (χ2v) is 5.80. The molecule has 19 heavy (non-hydrogen) atoms. The van der Waals surface area contributed by atoms with E-state index in [-0.39, 0.29) is 0 Å². The summed E-state index contributed by atoms with van der Waals surface area (Å²) in [6.45, 7) is 7.19. The summed E-state index contributed by atoms with van der Waals surface area (Å²) in [7, 11) is 0. The molecule has 6 heteroatoms. The Morgan fingerprint density at radius 1 is 1.37 bits per heavy atom. The van der Waals surface area contributed by atoms with Crippen LogP contribution in [0.5, 0.6) is 0 Å². The van der Waals surface area contributed by atoms with E-state index >= 15 is 0 Å². The number of alkyl halides is 1. The molecule has 0 fully saturated rings. The molecule has 4 nitrogen and oxygen atoms in total. The van der Waals surface area contributed by atoms with E-state index in [0.29, 0.717) is 11.9 Å². The predicted octanol–water partition coefficient (Wildman–Crippen LogP) is 3.61. The minimum absolute atomic E-state index is 0.426. The Balaban J connectivity index is 2.67. The number of hydrogen-bond acceptors (Lipinski definition) is 3. The lowest BCUT2D eigenvalue weighted by Crippen LogP contribution is -2.16. The number of aryl methyl sites for hydroxylation is 2. The van der Waals surface area contributed by atoms with Gasteiger partial charge in [-0.1, -0.05) is 6.92 Å². The van der Waals surface area contributed by atoms with E-state index in [0.717, 1.165) is 41.4 Å². The number of thioether (sulfide) groups is 1. The normalized spacial score (nSPS) is 13.3. The Bertz CT molecular complexity index is 560. The SMILES string of the molecule is CCC(CSC)n1c(CCl)nc2c(C)nn(CC)c21. The van der Waals surface area contributed by atoms with Crippen LogP contribution in [-0.2, 0) is 12.4 Å². The topological polar surface area (TPSA) is 35.6 Å². The maximum atomic E-state index is 6.09. The van der Waals surface area contributed by atoms with Crippen LogP contribution in [0, 0.1) is 6.92 Å². The van der Waals surface area contributed by atoms with Crippen LogP contribution in [0.1, 0.15) is 37.8 Å². The second kappa shape index (κ2) is 6.18. The monoisotopic (exact) mass is 300 g/mol. The first-order chi connectivity index (χ1) is 9.17. The summed E-state index contributed by atoms with van der Waals surface area (Å²) < 4.78 is 4.33. The van der Waals surface area contributed by atoms with Crippen molar-refractivity contribution in [2.75, 3.05) is 12.0 Å². The average Bonchev–Trinajstić information content (AvgIpc) is 2.94. The fourth-order valence-electron chi connectivity index (χ4n) is 2.50. The third kappa shape index (κ3) is 2.50. The van der Waals surface area contributed by atoms with E-state index in [1.165, 1.54) is 0 Å².